The molecule has 0 aliphatic heterocycles. The Hall–Kier alpha value is -1.29. The number of carbonyl (C=O) groups excluding carboxylic acids is 1. The number of nitrogens with zero attached hydrogens (tertiary/aromatic N) is 1. The van der Waals surface area contributed by atoms with Crippen LogP contribution in [-0.2, 0) is 0 Å². The summed E-state index contributed by atoms with van der Waals surface area (Å²) in [4.78, 5) is 15.8. The number of aromatic hydroxyl groups is 1. The van der Waals surface area contributed by atoms with Crippen LogP contribution in [0.3, 0.4) is 0 Å². The smallest absolute Gasteiger partial charge is 0.255 e. The van der Waals surface area contributed by atoms with Gasteiger partial charge in [-0.05, 0) is 18.9 Å². The fourth-order valence-corrected chi connectivity index (χ4v) is 2.59. The molecule has 0 radical (unpaired) electrons. The quantitative estimate of drug-likeness (QED) is 0.640. The molecule has 98 valence electrons. The second-order valence-electron chi connectivity index (χ2n) is 4.63. The Morgan fingerprint density at radius 2 is 2.17 bits per heavy atom. The third kappa shape index (κ3) is 3.13. The highest BCUT2D eigenvalue weighted by Crippen LogP contribution is 2.23. The van der Waals surface area contributed by atoms with Gasteiger partial charge in [0.1, 0.15) is 5.75 Å². The monoisotopic (exact) mass is 268 g/mol. The van der Waals surface area contributed by atoms with Crippen LogP contribution in [0, 0.1) is 0 Å². The van der Waals surface area contributed by atoms with E-state index in [2.05, 4.69) is 10.3 Å². The molecule has 1 amide bonds. The largest absolute Gasteiger partial charge is 0.505 e. The van der Waals surface area contributed by atoms with E-state index < -0.39 is 0 Å². The third-order valence-corrected chi connectivity index (χ3v) is 3.82. The lowest BCUT2D eigenvalue weighted by Crippen LogP contribution is -2.40. The highest BCUT2D eigenvalue weighted by atomic mass is 35.5. The summed E-state index contributed by atoms with van der Waals surface area (Å²) >= 11 is 6.27. The van der Waals surface area contributed by atoms with E-state index in [1.807, 2.05) is 0 Å². The van der Waals surface area contributed by atoms with Crippen molar-refractivity contribution in [2.45, 2.75) is 43.5 Å². The molecule has 0 bridgehead atoms. The van der Waals surface area contributed by atoms with Gasteiger partial charge in [0.15, 0.2) is 0 Å². The van der Waals surface area contributed by atoms with Gasteiger partial charge in [0, 0.05) is 12.2 Å². The van der Waals surface area contributed by atoms with Crippen LogP contribution in [0.4, 0.5) is 0 Å². The molecule has 2 unspecified atom stereocenters. The van der Waals surface area contributed by atoms with Crippen molar-refractivity contribution in [3.8, 4) is 5.75 Å². The van der Waals surface area contributed by atoms with Crippen molar-refractivity contribution < 1.29 is 9.90 Å². The molecule has 2 N–H and O–H groups in total. The van der Waals surface area contributed by atoms with Gasteiger partial charge >= 0.3 is 0 Å². The van der Waals surface area contributed by atoms with Gasteiger partial charge in [-0.3, -0.25) is 9.78 Å². The number of carbonyl (C=O) groups is 1. The Bertz CT molecular complexity index is 425. The number of hydrogen-bond acceptors (Lipinski definition) is 3. The number of nitrogens with one attached hydrogen (secondary N) is 1. The minimum atomic E-state index is -0.285. The second-order valence-corrected chi connectivity index (χ2v) is 5.19. The molecule has 0 aromatic carbocycles. The van der Waals surface area contributed by atoms with Crippen LogP contribution in [0.2, 0.25) is 0 Å². The predicted molar refractivity (Wildman–Crippen MR) is 69.9 cm³/mol. The zero-order valence-electron chi connectivity index (χ0n) is 10.1. The van der Waals surface area contributed by atoms with Gasteiger partial charge < -0.3 is 10.4 Å². The van der Waals surface area contributed by atoms with Crippen LogP contribution in [0.15, 0.2) is 18.5 Å². The molecule has 0 saturated heterocycles. The van der Waals surface area contributed by atoms with Gasteiger partial charge in [-0.15, -0.1) is 11.6 Å². The normalized spacial score (nSPS) is 24.3. The molecule has 5 heteroatoms. The number of hydrogen-bond donors (Lipinski definition) is 2. The minimum Gasteiger partial charge on any atom is -0.505 e. The topological polar surface area (TPSA) is 62.2 Å². The summed E-state index contributed by atoms with van der Waals surface area (Å²) in [5.74, 6) is -0.387. The van der Waals surface area contributed by atoms with Crippen molar-refractivity contribution in [3.05, 3.63) is 24.0 Å². The first-order valence-electron chi connectivity index (χ1n) is 6.26. The highest BCUT2D eigenvalue weighted by molar-refractivity contribution is 6.21. The summed E-state index contributed by atoms with van der Waals surface area (Å²) in [6.07, 6.45) is 7.92. The van der Waals surface area contributed by atoms with Crippen LogP contribution >= 0.6 is 11.6 Å². The van der Waals surface area contributed by atoms with E-state index in [-0.39, 0.29) is 28.6 Å². The van der Waals surface area contributed by atoms with Crippen molar-refractivity contribution in [1.82, 2.24) is 10.3 Å². The van der Waals surface area contributed by atoms with Gasteiger partial charge in [0.05, 0.1) is 17.1 Å². The van der Waals surface area contributed by atoms with Crippen molar-refractivity contribution in [2.24, 2.45) is 0 Å². The van der Waals surface area contributed by atoms with E-state index in [0.29, 0.717) is 0 Å². The lowest BCUT2D eigenvalue weighted by Gasteiger charge is -2.21. The molecule has 1 aliphatic carbocycles. The van der Waals surface area contributed by atoms with Gasteiger partial charge in [-0.1, -0.05) is 19.3 Å². The van der Waals surface area contributed by atoms with Gasteiger partial charge in [0.25, 0.3) is 5.91 Å². The van der Waals surface area contributed by atoms with E-state index in [1.165, 1.54) is 18.5 Å². The number of rotatable bonds is 2. The molecule has 1 aromatic heterocycles. The van der Waals surface area contributed by atoms with E-state index >= 15 is 0 Å². The fourth-order valence-electron chi connectivity index (χ4n) is 2.25. The van der Waals surface area contributed by atoms with Crippen LogP contribution < -0.4 is 5.32 Å². The predicted octanol–water partition coefficient (Wildman–Crippen LogP) is 2.46. The first-order valence-corrected chi connectivity index (χ1v) is 6.70. The molecule has 2 rings (SSSR count). The standard InChI is InChI=1S/C13H17ClN2O2/c14-10-4-2-1-3-5-11(10)16-13(18)9-6-7-15-8-12(9)17/h6-8,10-11,17H,1-5H2,(H,16,18). The fraction of sp³-hybridized carbons (Fsp3) is 0.538. The lowest BCUT2D eigenvalue weighted by molar-refractivity contribution is 0.0931. The second kappa shape index (κ2) is 6.05. The molecule has 1 heterocycles. The average Bonchev–Trinajstić information content (AvgIpc) is 2.55. The van der Waals surface area contributed by atoms with E-state index in [1.54, 1.807) is 0 Å². The molecule has 1 aromatic rings. The Labute approximate surface area is 111 Å². The molecular formula is C13H17ClN2O2. The van der Waals surface area contributed by atoms with Crippen molar-refractivity contribution in [3.63, 3.8) is 0 Å². The summed E-state index contributed by atoms with van der Waals surface area (Å²) in [5.41, 5.74) is 0.248. The molecule has 2 atom stereocenters. The average molecular weight is 269 g/mol. The number of pyridine rings is 1. The highest BCUT2D eigenvalue weighted by Gasteiger charge is 2.24. The maximum atomic E-state index is 12.0. The summed E-state index contributed by atoms with van der Waals surface area (Å²) in [7, 11) is 0. The first-order chi connectivity index (χ1) is 8.68. The van der Waals surface area contributed by atoms with Crippen LogP contribution in [0.5, 0.6) is 5.75 Å². The summed E-state index contributed by atoms with van der Waals surface area (Å²) < 4.78 is 0. The van der Waals surface area contributed by atoms with Crippen LogP contribution in [-0.4, -0.2) is 27.4 Å². The van der Waals surface area contributed by atoms with Crippen molar-refractivity contribution in [1.29, 1.82) is 0 Å². The molecule has 18 heavy (non-hydrogen) atoms. The van der Waals surface area contributed by atoms with E-state index in [4.69, 9.17) is 11.6 Å². The molecule has 1 aliphatic rings. The first kappa shape index (κ1) is 13.1. The number of amides is 1. The lowest BCUT2D eigenvalue weighted by atomic mass is 10.1. The molecular weight excluding hydrogens is 252 g/mol. The third-order valence-electron chi connectivity index (χ3n) is 3.29. The number of alkyl halides is 1. The van der Waals surface area contributed by atoms with Gasteiger partial charge in [-0.25, -0.2) is 0 Å². The summed E-state index contributed by atoms with van der Waals surface area (Å²) in [6.45, 7) is 0. The maximum absolute atomic E-state index is 12.0. The Balaban J connectivity index is 2.04. The summed E-state index contributed by atoms with van der Waals surface area (Å²) in [5, 5.41) is 12.5. The molecule has 1 saturated carbocycles. The minimum absolute atomic E-state index is 0.0192. The number of aromatic nitrogens is 1. The van der Waals surface area contributed by atoms with E-state index in [9.17, 15) is 9.90 Å². The van der Waals surface area contributed by atoms with Crippen molar-refractivity contribution in [2.75, 3.05) is 0 Å². The van der Waals surface area contributed by atoms with Gasteiger partial charge in [-0.2, -0.15) is 0 Å². The molecule has 0 spiro atoms. The summed E-state index contributed by atoms with van der Waals surface area (Å²) in [6, 6.07) is 1.49. The van der Waals surface area contributed by atoms with Gasteiger partial charge in [0.2, 0.25) is 0 Å². The van der Waals surface area contributed by atoms with E-state index in [0.717, 1.165) is 32.1 Å². The number of halogens is 1. The zero-order valence-corrected chi connectivity index (χ0v) is 10.9. The van der Waals surface area contributed by atoms with Crippen molar-refractivity contribution >= 4 is 17.5 Å². The molecule has 1 fully saturated rings. The Kier molecular flexibility index (Phi) is 4.42. The molecule has 4 nitrogen and oxygen atoms in total. The van der Waals surface area contributed by atoms with Crippen LogP contribution in [0.25, 0.3) is 0 Å². The SMILES string of the molecule is O=C(NC1CCCCCC1Cl)c1ccncc1O. The Morgan fingerprint density at radius 1 is 1.39 bits per heavy atom. The zero-order chi connectivity index (χ0) is 13.0. The van der Waals surface area contributed by atoms with Crippen LogP contribution in [0.1, 0.15) is 42.5 Å². The maximum Gasteiger partial charge on any atom is 0.255 e. The Morgan fingerprint density at radius 3 is 2.94 bits per heavy atom.